The number of hydrogen-bond acceptors (Lipinski definition) is 3. The molecule has 0 bridgehead atoms. The molecule has 0 heterocycles. The van der Waals surface area contributed by atoms with Gasteiger partial charge in [-0.25, -0.2) is 0 Å². The van der Waals surface area contributed by atoms with Crippen LogP contribution in [0.25, 0.3) is 0 Å². The summed E-state index contributed by atoms with van der Waals surface area (Å²) in [5, 5.41) is 2.81. The molecule has 2 aromatic rings. The summed E-state index contributed by atoms with van der Waals surface area (Å²) in [6.45, 7) is 9.70. The van der Waals surface area contributed by atoms with Crippen molar-refractivity contribution in [2.24, 2.45) is 0 Å². The molecule has 128 valence electrons. The van der Waals surface area contributed by atoms with Crippen molar-refractivity contribution >= 4 is 11.6 Å². The van der Waals surface area contributed by atoms with Crippen LogP contribution in [0.2, 0.25) is 0 Å². The van der Waals surface area contributed by atoms with Crippen molar-refractivity contribution in [2.45, 2.75) is 40.5 Å². The van der Waals surface area contributed by atoms with E-state index < -0.39 is 0 Å². The van der Waals surface area contributed by atoms with Gasteiger partial charge in [0.1, 0.15) is 17.2 Å². The number of benzene rings is 2. The van der Waals surface area contributed by atoms with Crippen molar-refractivity contribution in [3.63, 3.8) is 0 Å². The van der Waals surface area contributed by atoms with Crippen molar-refractivity contribution in [3.8, 4) is 17.2 Å². The van der Waals surface area contributed by atoms with Crippen LogP contribution >= 0.6 is 0 Å². The first kappa shape index (κ1) is 17.9. The van der Waals surface area contributed by atoms with Crippen LogP contribution < -0.4 is 14.8 Å². The van der Waals surface area contributed by atoms with Gasteiger partial charge < -0.3 is 14.8 Å². The Morgan fingerprint density at radius 2 is 1.71 bits per heavy atom. The zero-order valence-electron chi connectivity index (χ0n) is 15.2. The highest BCUT2D eigenvalue weighted by Crippen LogP contribution is 2.35. The average Bonchev–Trinajstić information content (AvgIpc) is 2.50. The highest BCUT2D eigenvalue weighted by molar-refractivity contribution is 5.89. The van der Waals surface area contributed by atoms with Crippen molar-refractivity contribution in [1.29, 1.82) is 0 Å². The minimum absolute atomic E-state index is 0.0841. The molecule has 0 aliphatic carbocycles. The molecule has 0 saturated carbocycles. The molecule has 0 spiro atoms. The standard InChI is InChI=1S/C20H25NO3/c1-12(2)18-11-17(7-8-19(18)23-6)24-20-13(3)9-16(10-14(20)4)21-15(5)22/h7-12H,1-6H3,(H,21,22). The molecule has 0 radical (unpaired) electrons. The molecule has 1 amide bonds. The molecule has 2 aromatic carbocycles. The van der Waals surface area contributed by atoms with Gasteiger partial charge in [-0.3, -0.25) is 4.79 Å². The Hall–Kier alpha value is -2.49. The lowest BCUT2D eigenvalue weighted by Gasteiger charge is -2.17. The van der Waals surface area contributed by atoms with Crippen molar-refractivity contribution in [2.75, 3.05) is 12.4 Å². The van der Waals surface area contributed by atoms with Gasteiger partial charge in [-0.2, -0.15) is 0 Å². The van der Waals surface area contributed by atoms with Crippen LogP contribution in [0.4, 0.5) is 5.69 Å². The molecule has 1 N–H and O–H groups in total. The number of aryl methyl sites for hydroxylation is 2. The van der Waals surface area contributed by atoms with E-state index in [1.807, 2.05) is 44.2 Å². The summed E-state index contributed by atoms with van der Waals surface area (Å²) in [4.78, 5) is 11.2. The highest BCUT2D eigenvalue weighted by atomic mass is 16.5. The molecule has 4 heteroatoms. The Labute approximate surface area is 143 Å². The van der Waals surface area contributed by atoms with Crippen LogP contribution in [0.5, 0.6) is 17.2 Å². The van der Waals surface area contributed by atoms with Gasteiger partial charge in [0.05, 0.1) is 7.11 Å². The summed E-state index contributed by atoms with van der Waals surface area (Å²) in [5.74, 6) is 2.71. The summed E-state index contributed by atoms with van der Waals surface area (Å²) >= 11 is 0. The Morgan fingerprint density at radius 3 is 2.21 bits per heavy atom. The van der Waals surface area contributed by atoms with Crippen molar-refractivity contribution < 1.29 is 14.3 Å². The first-order chi connectivity index (χ1) is 11.3. The van der Waals surface area contributed by atoms with Crippen molar-refractivity contribution in [3.05, 3.63) is 47.0 Å². The van der Waals surface area contributed by atoms with E-state index in [1.54, 1.807) is 7.11 Å². The van der Waals surface area contributed by atoms with Gasteiger partial charge >= 0.3 is 0 Å². The van der Waals surface area contributed by atoms with Gasteiger partial charge in [-0.05, 0) is 61.2 Å². The van der Waals surface area contributed by atoms with Crippen LogP contribution in [-0.2, 0) is 4.79 Å². The fourth-order valence-electron chi connectivity index (χ4n) is 2.73. The monoisotopic (exact) mass is 327 g/mol. The Kier molecular flexibility index (Phi) is 5.50. The lowest BCUT2D eigenvalue weighted by molar-refractivity contribution is -0.114. The summed E-state index contributed by atoms with van der Waals surface area (Å²) in [6, 6.07) is 9.68. The maximum atomic E-state index is 11.2. The summed E-state index contributed by atoms with van der Waals surface area (Å²) in [7, 11) is 1.68. The second-order valence-corrected chi connectivity index (χ2v) is 6.28. The SMILES string of the molecule is COc1ccc(Oc2c(C)cc(NC(C)=O)cc2C)cc1C(C)C. The summed E-state index contributed by atoms with van der Waals surface area (Å²) in [5.41, 5.74) is 3.84. The predicted molar refractivity (Wildman–Crippen MR) is 97.4 cm³/mol. The van der Waals surface area contributed by atoms with Gasteiger partial charge in [-0.15, -0.1) is 0 Å². The highest BCUT2D eigenvalue weighted by Gasteiger charge is 2.12. The minimum atomic E-state index is -0.0841. The molecule has 24 heavy (non-hydrogen) atoms. The normalized spacial score (nSPS) is 10.6. The van der Waals surface area contributed by atoms with Gasteiger partial charge in [0, 0.05) is 18.2 Å². The predicted octanol–water partition coefficient (Wildman–Crippen LogP) is 5.19. The fourth-order valence-corrected chi connectivity index (χ4v) is 2.73. The molecule has 0 aromatic heterocycles. The third kappa shape index (κ3) is 4.07. The number of methoxy groups -OCH3 is 1. The lowest BCUT2D eigenvalue weighted by Crippen LogP contribution is -2.06. The molecule has 4 nitrogen and oxygen atoms in total. The number of hydrogen-bond donors (Lipinski definition) is 1. The first-order valence-corrected chi connectivity index (χ1v) is 8.06. The van der Waals surface area contributed by atoms with E-state index in [4.69, 9.17) is 9.47 Å². The number of rotatable bonds is 5. The van der Waals surface area contributed by atoms with Gasteiger partial charge in [-0.1, -0.05) is 13.8 Å². The quantitative estimate of drug-likeness (QED) is 0.822. The zero-order chi connectivity index (χ0) is 17.9. The second kappa shape index (κ2) is 7.39. The third-order valence-electron chi connectivity index (χ3n) is 3.82. The van der Waals surface area contributed by atoms with Crippen molar-refractivity contribution in [1.82, 2.24) is 0 Å². The number of carbonyl (C=O) groups excluding carboxylic acids is 1. The Balaban J connectivity index is 2.34. The van der Waals surface area contributed by atoms with E-state index in [-0.39, 0.29) is 5.91 Å². The Bertz CT molecular complexity index is 728. The van der Waals surface area contributed by atoms with E-state index in [0.29, 0.717) is 5.92 Å². The lowest BCUT2D eigenvalue weighted by atomic mass is 10.0. The number of carbonyl (C=O) groups is 1. The maximum absolute atomic E-state index is 11.2. The van der Waals surface area contributed by atoms with E-state index in [2.05, 4.69) is 19.2 Å². The average molecular weight is 327 g/mol. The summed E-state index contributed by atoms with van der Waals surface area (Å²) in [6.07, 6.45) is 0. The number of nitrogens with one attached hydrogen (secondary N) is 1. The van der Waals surface area contributed by atoms with Crippen LogP contribution in [0, 0.1) is 13.8 Å². The molecule has 0 atom stereocenters. The zero-order valence-corrected chi connectivity index (χ0v) is 15.2. The molecule has 0 fully saturated rings. The third-order valence-corrected chi connectivity index (χ3v) is 3.82. The topological polar surface area (TPSA) is 47.6 Å². The number of anilines is 1. The maximum Gasteiger partial charge on any atom is 0.221 e. The molecular weight excluding hydrogens is 302 g/mol. The van der Waals surface area contributed by atoms with Crippen LogP contribution in [0.1, 0.15) is 43.4 Å². The van der Waals surface area contributed by atoms with E-state index >= 15 is 0 Å². The van der Waals surface area contributed by atoms with Gasteiger partial charge in [0.15, 0.2) is 0 Å². The largest absolute Gasteiger partial charge is 0.496 e. The second-order valence-electron chi connectivity index (χ2n) is 6.28. The van der Waals surface area contributed by atoms with E-state index in [0.717, 1.165) is 39.6 Å². The van der Waals surface area contributed by atoms with E-state index in [9.17, 15) is 4.79 Å². The first-order valence-electron chi connectivity index (χ1n) is 8.06. The van der Waals surface area contributed by atoms with E-state index in [1.165, 1.54) is 6.92 Å². The summed E-state index contributed by atoms with van der Waals surface area (Å²) < 4.78 is 11.5. The smallest absolute Gasteiger partial charge is 0.221 e. The molecular formula is C20H25NO3. The van der Waals surface area contributed by atoms with Gasteiger partial charge in [0.2, 0.25) is 5.91 Å². The minimum Gasteiger partial charge on any atom is -0.496 e. The fraction of sp³-hybridized carbons (Fsp3) is 0.350. The molecule has 2 rings (SSSR count). The number of amides is 1. The number of ether oxygens (including phenoxy) is 2. The molecule has 0 unspecified atom stereocenters. The molecule has 0 aliphatic heterocycles. The van der Waals surface area contributed by atoms with Gasteiger partial charge in [0.25, 0.3) is 0 Å². The van der Waals surface area contributed by atoms with Crippen LogP contribution in [0.15, 0.2) is 30.3 Å². The Morgan fingerprint density at radius 1 is 1.08 bits per heavy atom. The van der Waals surface area contributed by atoms with Crippen LogP contribution in [-0.4, -0.2) is 13.0 Å². The van der Waals surface area contributed by atoms with Crippen LogP contribution in [0.3, 0.4) is 0 Å². The molecule has 0 saturated heterocycles. The molecule has 0 aliphatic rings.